The lowest BCUT2D eigenvalue weighted by molar-refractivity contribution is 0.264. The topological polar surface area (TPSA) is 26.0 Å². The summed E-state index contributed by atoms with van der Waals surface area (Å²) in [6.07, 6.45) is 3.73. The van der Waals surface area contributed by atoms with Crippen molar-refractivity contribution in [1.82, 2.24) is 0 Å². The molecule has 2 N–H and O–H groups in total. The number of benzene rings is 1. The summed E-state index contributed by atoms with van der Waals surface area (Å²) < 4.78 is 12.6. The van der Waals surface area contributed by atoms with Gasteiger partial charge in [0.2, 0.25) is 0 Å². The van der Waals surface area contributed by atoms with Crippen LogP contribution in [0, 0.1) is 11.7 Å². The van der Waals surface area contributed by atoms with Gasteiger partial charge in [-0.1, -0.05) is 18.6 Å². The molecule has 3 heteroatoms. The molecular weight excluding hydrogens is 201 g/mol. The van der Waals surface area contributed by atoms with E-state index in [0.717, 1.165) is 5.56 Å². The average molecular weight is 216 g/mol. The van der Waals surface area contributed by atoms with Crippen LogP contribution in [0.2, 0.25) is 0 Å². The largest absolute Gasteiger partial charge is 0.324 e. The quantitative estimate of drug-likeness (QED) is 0.807. The van der Waals surface area contributed by atoms with Gasteiger partial charge in [-0.15, -0.1) is 12.4 Å². The van der Waals surface area contributed by atoms with E-state index in [0.29, 0.717) is 5.92 Å². The summed E-state index contributed by atoms with van der Waals surface area (Å²) in [5, 5.41) is 0. The fraction of sp³-hybridized carbons (Fsp3) is 0.455. The Bertz CT molecular complexity index is 282. The first-order chi connectivity index (χ1) is 6.27. The summed E-state index contributed by atoms with van der Waals surface area (Å²) in [4.78, 5) is 0. The van der Waals surface area contributed by atoms with Crippen molar-refractivity contribution in [1.29, 1.82) is 0 Å². The minimum atomic E-state index is -0.190. The fourth-order valence-corrected chi connectivity index (χ4v) is 1.76. The van der Waals surface area contributed by atoms with Gasteiger partial charge < -0.3 is 5.73 Å². The lowest BCUT2D eigenvalue weighted by atomic mass is 9.78. The minimum absolute atomic E-state index is 0. The second-order valence-electron chi connectivity index (χ2n) is 3.77. The number of rotatable bonds is 2. The maximum atomic E-state index is 12.6. The fourth-order valence-electron chi connectivity index (χ4n) is 1.76. The van der Waals surface area contributed by atoms with Gasteiger partial charge in [0.25, 0.3) is 0 Å². The molecule has 1 unspecified atom stereocenters. The summed E-state index contributed by atoms with van der Waals surface area (Å²) in [7, 11) is 0. The van der Waals surface area contributed by atoms with Crippen LogP contribution in [-0.4, -0.2) is 0 Å². The van der Waals surface area contributed by atoms with Crippen LogP contribution >= 0.6 is 12.4 Å². The minimum Gasteiger partial charge on any atom is -0.324 e. The van der Waals surface area contributed by atoms with E-state index in [4.69, 9.17) is 5.73 Å². The molecule has 1 nitrogen and oxygen atoms in total. The Labute approximate surface area is 89.9 Å². The molecule has 0 amide bonds. The SMILES string of the molecule is Cl.NC(c1ccc(F)cc1)C1CCC1. The first kappa shape index (κ1) is 11.5. The zero-order valence-corrected chi connectivity index (χ0v) is 8.77. The predicted octanol–water partition coefficient (Wildman–Crippen LogP) is 3.05. The van der Waals surface area contributed by atoms with Gasteiger partial charge in [-0.25, -0.2) is 4.39 Å². The van der Waals surface area contributed by atoms with E-state index in [1.54, 1.807) is 12.1 Å². The molecule has 1 aliphatic carbocycles. The number of nitrogens with two attached hydrogens (primary N) is 1. The molecule has 1 atom stereocenters. The van der Waals surface area contributed by atoms with Gasteiger partial charge in [-0.3, -0.25) is 0 Å². The highest BCUT2D eigenvalue weighted by atomic mass is 35.5. The van der Waals surface area contributed by atoms with E-state index in [-0.39, 0.29) is 24.3 Å². The Kier molecular flexibility index (Phi) is 3.90. The molecule has 14 heavy (non-hydrogen) atoms. The average Bonchev–Trinajstić information content (AvgIpc) is 2.02. The Balaban J connectivity index is 0.000000980. The number of hydrogen-bond acceptors (Lipinski definition) is 1. The summed E-state index contributed by atoms with van der Waals surface area (Å²) in [6.45, 7) is 0. The van der Waals surface area contributed by atoms with Crippen LogP contribution < -0.4 is 5.73 Å². The molecule has 0 bridgehead atoms. The molecular formula is C11H15ClFN. The van der Waals surface area contributed by atoms with Gasteiger partial charge in [-0.05, 0) is 36.5 Å². The number of halogens is 2. The Morgan fingerprint density at radius 1 is 1.21 bits per heavy atom. The van der Waals surface area contributed by atoms with Crippen LogP contribution in [0.4, 0.5) is 4.39 Å². The van der Waals surface area contributed by atoms with Crippen molar-refractivity contribution in [3.8, 4) is 0 Å². The van der Waals surface area contributed by atoms with E-state index in [2.05, 4.69) is 0 Å². The van der Waals surface area contributed by atoms with Crippen LogP contribution in [0.1, 0.15) is 30.9 Å². The number of hydrogen-bond donors (Lipinski definition) is 1. The van der Waals surface area contributed by atoms with Crippen LogP contribution in [0.25, 0.3) is 0 Å². The van der Waals surface area contributed by atoms with Gasteiger partial charge in [0.1, 0.15) is 5.82 Å². The lowest BCUT2D eigenvalue weighted by Crippen LogP contribution is -2.26. The van der Waals surface area contributed by atoms with E-state index < -0.39 is 0 Å². The third kappa shape index (κ3) is 2.25. The molecule has 0 aliphatic heterocycles. The smallest absolute Gasteiger partial charge is 0.123 e. The Hall–Kier alpha value is -0.600. The standard InChI is InChI=1S/C11H14FN.ClH/c12-10-6-4-9(5-7-10)11(13)8-2-1-3-8;/h4-8,11H,1-3,13H2;1H. The van der Waals surface area contributed by atoms with Crippen molar-refractivity contribution in [2.45, 2.75) is 25.3 Å². The highest BCUT2D eigenvalue weighted by Crippen LogP contribution is 2.35. The highest BCUT2D eigenvalue weighted by molar-refractivity contribution is 5.85. The molecule has 2 rings (SSSR count). The summed E-state index contributed by atoms with van der Waals surface area (Å²) in [5.41, 5.74) is 7.09. The third-order valence-corrected chi connectivity index (χ3v) is 2.91. The van der Waals surface area contributed by atoms with Crippen molar-refractivity contribution in [3.05, 3.63) is 35.6 Å². The van der Waals surface area contributed by atoms with Crippen molar-refractivity contribution < 1.29 is 4.39 Å². The van der Waals surface area contributed by atoms with Crippen LogP contribution in [0.5, 0.6) is 0 Å². The predicted molar refractivity (Wildman–Crippen MR) is 57.9 cm³/mol. The molecule has 0 spiro atoms. The summed E-state index contributed by atoms with van der Waals surface area (Å²) in [5.74, 6) is 0.426. The van der Waals surface area contributed by atoms with E-state index in [1.807, 2.05) is 0 Å². The second-order valence-corrected chi connectivity index (χ2v) is 3.77. The molecule has 1 saturated carbocycles. The zero-order valence-electron chi connectivity index (χ0n) is 7.95. The van der Waals surface area contributed by atoms with Gasteiger partial charge >= 0.3 is 0 Å². The molecule has 78 valence electrons. The van der Waals surface area contributed by atoms with Crippen LogP contribution in [0.15, 0.2) is 24.3 Å². The van der Waals surface area contributed by atoms with Gasteiger partial charge in [0, 0.05) is 6.04 Å². The van der Waals surface area contributed by atoms with E-state index in [1.165, 1.54) is 31.4 Å². The van der Waals surface area contributed by atoms with Crippen molar-refractivity contribution in [3.63, 3.8) is 0 Å². The zero-order chi connectivity index (χ0) is 9.26. The van der Waals surface area contributed by atoms with Gasteiger partial charge in [0.15, 0.2) is 0 Å². The molecule has 1 aliphatic rings. The molecule has 1 fully saturated rings. The van der Waals surface area contributed by atoms with E-state index >= 15 is 0 Å². The Morgan fingerprint density at radius 2 is 1.79 bits per heavy atom. The molecule has 1 aromatic carbocycles. The first-order valence-electron chi connectivity index (χ1n) is 4.78. The lowest BCUT2D eigenvalue weighted by Gasteiger charge is -2.31. The molecule has 0 saturated heterocycles. The maximum Gasteiger partial charge on any atom is 0.123 e. The summed E-state index contributed by atoms with van der Waals surface area (Å²) >= 11 is 0. The normalized spacial score (nSPS) is 18.1. The highest BCUT2D eigenvalue weighted by Gasteiger charge is 2.25. The monoisotopic (exact) mass is 215 g/mol. The first-order valence-corrected chi connectivity index (χ1v) is 4.78. The Morgan fingerprint density at radius 3 is 2.21 bits per heavy atom. The molecule has 0 heterocycles. The second kappa shape index (κ2) is 4.76. The van der Waals surface area contributed by atoms with Crippen molar-refractivity contribution in [2.24, 2.45) is 11.7 Å². The van der Waals surface area contributed by atoms with Crippen molar-refractivity contribution >= 4 is 12.4 Å². The summed E-state index contributed by atoms with van der Waals surface area (Å²) in [6, 6.07) is 6.65. The maximum absolute atomic E-state index is 12.6. The van der Waals surface area contributed by atoms with Crippen LogP contribution in [0.3, 0.4) is 0 Å². The van der Waals surface area contributed by atoms with Gasteiger partial charge in [-0.2, -0.15) is 0 Å². The van der Waals surface area contributed by atoms with E-state index in [9.17, 15) is 4.39 Å². The molecule has 0 radical (unpaired) electrons. The van der Waals surface area contributed by atoms with Crippen LogP contribution in [-0.2, 0) is 0 Å². The van der Waals surface area contributed by atoms with Gasteiger partial charge in [0.05, 0.1) is 0 Å². The molecule has 0 aromatic heterocycles. The van der Waals surface area contributed by atoms with Crippen molar-refractivity contribution in [2.75, 3.05) is 0 Å². The molecule has 1 aromatic rings. The third-order valence-electron chi connectivity index (χ3n) is 2.91.